The number of thioether (sulfide) groups is 1. The first-order chi connectivity index (χ1) is 9.84. The van der Waals surface area contributed by atoms with Gasteiger partial charge in [0, 0.05) is 30.5 Å². The van der Waals surface area contributed by atoms with Crippen LogP contribution in [0.15, 0.2) is 0 Å². The third kappa shape index (κ3) is 3.01. The first-order valence-electron chi connectivity index (χ1n) is 6.93. The van der Waals surface area contributed by atoms with Gasteiger partial charge in [0.15, 0.2) is 0 Å². The molecule has 2 aliphatic rings. The van der Waals surface area contributed by atoms with Gasteiger partial charge in [-0.05, 0) is 13.3 Å². The van der Waals surface area contributed by atoms with Crippen molar-refractivity contribution in [2.24, 2.45) is 5.92 Å². The number of hydrogen-bond donors (Lipinski definition) is 3. The highest BCUT2D eigenvalue weighted by atomic mass is 32.2. The van der Waals surface area contributed by atoms with Gasteiger partial charge in [0.2, 0.25) is 11.8 Å². The zero-order valence-electron chi connectivity index (χ0n) is 12.0. The van der Waals surface area contributed by atoms with Crippen LogP contribution in [0.4, 0.5) is 0 Å². The maximum Gasteiger partial charge on any atom is 0.327 e. The summed E-state index contributed by atoms with van der Waals surface area (Å²) in [5.74, 6) is -1.28. The first-order valence-corrected chi connectivity index (χ1v) is 7.98. The second-order valence-electron chi connectivity index (χ2n) is 5.49. The fraction of sp³-hybridized carbons (Fsp3) is 0.769. The average molecular weight is 316 g/mol. The summed E-state index contributed by atoms with van der Waals surface area (Å²) in [6.45, 7) is 3.46. The third-order valence-corrected chi connectivity index (χ3v) is 5.34. The number of hydrogen-bond acceptors (Lipinski definition) is 5. The summed E-state index contributed by atoms with van der Waals surface area (Å²) in [6, 6.07) is -1.02. The maximum absolute atomic E-state index is 12.0. The number of carboxylic acids is 1. The Morgan fingerprint density at radius 2 is 2.19 bits per heavy atom. The van der Waals surface area contributed by atoms with Gasteiger partial charge < -0.3 is 20.4 Å². The Hall–Kier alpha value is -1.28. The molecular weight excluding hydrogens is 296 g/mol. The number of aliphatic hydroxyl groups excluding tert-OH is 1. The lowest BCUT2D eigenvalue weighted by Gasteiger charge is -2.45. The largest absolute Gasteiger partial charge is 0.480 e. The van der Waals surface area contributed by atoms with Gasteiger partial charge in [-0.25, -0.2) is 4.79 Å². The molecule has 0 saturated carbocycles. The molecule has 2 aliphatic heterocycles. The highest BCUT2D eigenvalue weighted by Crippen LogP contribution is 2.45. The van der Waals surface area contributed by atoms with Crippen LogP contribution in [0.5, 0.6) is 0 Å². The molecule has 2 amide bonds. The van der Waals surface area contributed by atoms with E-state index in [1.807, 2.05) is 0 Å². The van der Waals surface area contributed by atoms with Gasteiger partial charge in [0.25, 0.3) is 0 Å². The predicted octanol–water partition coefficient (Wildman–Crippen LogP) is -0.711. The Bertz CT molecular complexity index is 456. The molecule has 118 valence electrons. The van der Waals surface area contributed by atoms with Crippen molar-refractivity contribution in [2.75, 3.05) is 12.3 Å². The lowest BCUT2D eigenvalue weighted by molar-refractivity contribution is -0.169. The number of fused-ring (bicyclic) bond motifs is 1. The van der Waals surface area contributed by atoms with Crippen LogP contribution < -0.4 is 5.32 Å². The van der Waals surface area contributed by atoms with Crippen LogP contribution in [-0.4, -0.2) is 68.6 Å². The van der Waals surface area contributed by atoms with Crippen LogP contribution in [-0.2, 0) is 14.4 Å². The number of carbonyl (C=O) groups excluding carboxylic acids is 2. The van der Waals surface area contributed by atoms with E-state index in [2.05, 4.69) is 5.32 Å². The quantitative estimate of drug-likeness (QED) is 0.441. The molecule has 0 aromatic carbocycles. The molecule has 8 heteroatoms. The maximum atomic E-state index is 12.0. The molecule has 0 aliphatic carbocycles. The lowest BCUT2D eigenvalue weighted by Crippen LogP contribution is -2.64. The van der Waals surface area contributed by atoms with Crippen LogP contribution in [0, 0.1) is 5.92 Å². The number of aliphatic carboxylic acids is 1. The molecule has 2 heterocycles. The lowest BCUT2D eigenvalue weighted by atomic mass is 9.84. The first kappa shape index (κ1) is 16.1. The summed E-state index contributed by atoms with van der Waals surface area (Å²) in [7, 11) is 0. The van der Waals surface area contributed by atoms with Crippen molar-refractivity contribution in [1.82, 2.24) is 10.2 Å². The van der Waals surface area contributed by atoms with Gasteiger partial charge in [-0.15, -0.1) is 0 Å². The van der Waals surface area contributed by atoms with Crippen molar-refractivity contribution in [3.8, 4) is 0 Å². The molecule has 0 radical (unpaired) electrons. The number of amides is 2. The van der Waals surface area contributed by atoms with Crippen molar-refractivity contribution in [2.45, 2.75) is 43.7 Å². The number of nitrogens with one attached hydrogen (secondary N) is 1. The second kappa shape index (κ2) is 6.23. The summed E-state index contributed by atoms with van der Waals surface area (Å²) < 4.78 is 0. The summed E-state index contributed by atoms with van der Waals surface area (Å²) in [6.07, 6.45) is -0.181. The summed E-state index contributed by atoms with van der Waals surface area (Å²) in [4.78, 5) is 35.6. The minimum atomic E-state index is -1.01. The summed E-state index contributed by atoms with van der Waals surface area (Å²) in [5.41, 5.74) is 0. The summed E-state index contributed by atoms with van der Waals surface area (Å²) in [5, 5.41) is 21.4. The van der Waals surface area contributed by atoms with Crippen LogP contribution in [0.25, 0.3) is 0 Å². The minimum absolute atomic E-state index is 0.120. The molecule has 0 aromatic rings. The van der Waals surface area contributed by atoms with Gasteiger partial charge in [-0.2, -0.15) is 11.8 Å². The number of carboxylic acid groups (broad SMARTS) is 1. The van der Waals surface area contributed by atoms with E-state index in [0.29, 0.717) is 18.7 Å². The standard InChI is InChI=1S/C13H20N2O5S/c1-6(16)10-8-5-9(21-4-3-14-7(2)17)11(13(19)20)15(8)12(10)18/h6,8-11,16H,3-5H2,1-2H3,(H,14,17)(H,19,20). The van der Waals surface area contributed by atoms with Crippen molar-refractivity contribution in [3.63, 3.8) is 0 Å². The molecule has 5 unspecified atom stereocenters. The molecule has 3 N–H and O–H groups in total. The second-order valence-corrected chi connectivity index (χ2v) is 6.84. The molecule has 0 bridgehead atoms. The van der Waals surface area contributed by atoms with E-state index in [0.717, 1.165) is 0 Å². The van der Waals surface area contributed by atoms with Gasteiger partial charge in [0.05, 0.1) is 12.0 Å². The smallest absolute Gasteiger partial charge is 0.327 e. The Morgan fingerprint density at radius 3 is 2.71 bits per heavy atom. The predicted molar refractivity (Wildman–Crippen MR) is 76.8 cm³/mol. The molecule has 5 atom stereocenters. The van der Waals surface area contributed by atoms with Crippen molar-refractivity contribution >= 4 is 29.5 Å². The van der Waals surface area contributed by atoms with Crippen LogP contribution in [0.1, 0.15) is 20.3 Å². The third-order valence-electron chi connectivity index (χ3n) is 4.02. The Labute approximate surface area is 127 Å². The van der Waals surface area contributed by atoms with Crippen LogP contribution in [0.2, 0.25) is 0 Å². The van der Waals surface area contributed by atoms with Crippen molar-refractivity contribution in [1.29, 1.82) is 0 Å². The molecule has 0 spiro atoms. The van der Waals surface area contributed by atoms with E-state index in [4.69, 9.17) is 0 Å². The van der Waals surface area contributed by atoms with Gasteiger partial charge >= 0.3 is 5.97 Å². The minimum Gasteiger partial charge on any atom is -0.480 e. The highest BCUT2D eigenvalue weighted by molar-refractivity contribution is 8.00. The number of aliphatic hydroxyl groups is 1. The number of β-lactam (4-membered cyclic amide) rings is 1. The normalized spacial score (nSPS) is 32.3. The molecule has 0 aromatic heterocycles. The van der Waals surface area contributed by atoms with E-state index in [1.54, 1.807) is 6.92 Å². The van der Waals surface area contributed by atoms with E-state index < -0.39 is 24.0 Å². The Kier molecular flexibility index (Phi) is 4.77. The summed E-state index contributed by atoms with van der Waals surface area (Å²) >= 11 is 1.45. The fourth-order valence-corrected chi connectivity index (χ4v) is 4.43. The van der Waals surface area contributed by atoms with Gasteiger partial charge in [0.1, 0.15) is 6.04 Å². The average Bonchev–Trinajstić information content (AvgIpc) is 2.68. The van der Waals surface area contributed by atoms with E-state index in [9.17, 15) is 24.6 Å². The number of rotatable bonds is 6. The topological polar surface area (TPSA) is 107 Å². The van der Waals surface area contributed by atoms with Crippen molar-refractivity contribution < 1.29 is 24.6 Å². The van der Waals surface area contributed by atoms with Crippen LogP contribution in [0.3, 0.4) is 0 Å². The molecule has 2 saturated heterocycles. The highest BCUT2D eigenvalue weighted by Gasteiger charge is 2.61. The molecule has 2 fully saturated rings. The SMILES string of the molecule is CC(=O)NCCSC1CC2C(C(C)O)C(=O)N2C1C(=O)O. The number of carbonyl (C=O) groups is 3. The molecule has 21 heavy (non-hydrogen) atoms. The van der Waals surface area contributed by atoms with Gasteiger partial charge in [-0.3, -0.25) is 9.59 Å². The fourth-order valence-electron chi connectivity index (χ4n) is 3.14. The van der Waals surface area contributed by atoms with E-state index in [-0.39, 0.29) is 23.1 Å². The Morgan fingerprint density at radius 1 is 1.52 bits per heavy atom. The van der Waals surface area contributed by atoms with E-state index in [1.165, 1.54) is 23.6 Å². The number of nitrogens with zero attached hydrogens (tertiary/aromatic N) is 1. The van der Waals surface area contributed by atoms with E-state index >= 15 is 0 Å². The molecule has 7 nitrogen and oxygen atoms in total. The van der Waals surface area contributed by atoms with Crippen molar-refractivity contribution in [3.05, 3.63) is 0 Å². The molecule has 2 rings (SSSR count). The van der Waals surface area contributed by atoms with Gasteiger partial charge in [-0.1, -0.05) is 0 Å². The zero-order valence-corrected chi connectivity index (χ0v) is 12.8. The Balaban J connectivity index is 1.97. The zero-order chi connectivity index (χ0) is 15.7. The van der Waals surface area contributed by atoms with Crippen LogP contribution >= 0.6 is 11.8 Å². The molecular formula is C13H20N2O5S. The monoisotopic (exact) mass is 316 g/mol.